The van der Waals surface area contributed by atoms with E-state index < -0.39 is 6.03 Å². The lowest BCUT2D eigenvalue weighted by atomic mass is 10.3. The zero-order chi connectivity index (χ0) is 11.7. The van der Waals surface area contributed by atoms with Crippen LogP contribution >= 0.6 is 0 Å². The van der Waals surface area contributed by atoms with Crippen LogP contribution in [0.4, 0.5) is 10.5 Å². The van der Waals surface area contributed by atoms with Crippen LogP contribution in [0.5, 0.6) is 0 Å². The molecule has 0 spiro atoms. The molecule has 0 aliphatic heterocycles. The van der Waals surface area contributed by atoms with Crippen LogP contribution in [-0.4, -0.2) is 31.4 Å². The van der Waals surface area contributed by atoms with E-state index >= 15 is 0 Å². The third-order valence-corrected chi connectivity index (χ3v) is 1.25. The van der Waals surface area contributed by atoms with Crippen LogP contribution in [0.3, 0.4) is 0 Å². The van der Waals surface area contributed by atoms with Gasteiger partial charge in [0.05, 0.1) is 0 Å². The fraction of sp³-hybridized carbons (Fsp3) is 0.200. The molecule has 5 heteroatoms. The van der Waals surface area contributed by atoms with Crippen LogP contribution in [0, 0.1) is 0 Å². The Morgan fingerprint density at radius 1 is 1.33 bits per heavy atom. The SMILES string of the molecule is CN(C)C=O.NC(=O)Nc1ccccc1. The summed E-state index contributed by atoms with van der Waals surface area (Å²) < 4.78 is 0. The number of hydrogen-bond donors (Lipinski definition) is 2. The molecule has 3 amide bonds. The van der Waals surface area contributed by atoms with E-state index in [1.54, 1.807) is 26.2 Å². The summed E-state index contributed by atoms with van der Waals surface area (Å²) in [5, 5.41) is 2.44. The molecule has 0 radical (unpaired) electrons. The highest BCUT2D eigenvalue weighted by Crippen LogP contribution is 2.03. The van der Waals surface area contributed by atoms with Gasteiger partial charge in [-0.15, -0.1) is 0 Å². The summed E-state index contributed by atoms with van der Waals surface area (Å²) in [6, 6.07) is 8.52. The summed E-state index contributed by atoms with van der Waals surface area (Å²) in [4.78, 5) is 21.2. The molecule has 0 heterocycles. The molecular formula is C10H15N3O2. The first-order valence-corrected chi connectivity index (χ1v) is 4.29. The van der Waals surface area contributed by atoms with E-state index in [-0.39, 0.29) is 0 Å². The second-order valence-electron chi connectivity index (χ2n) is 2.92. The van der Waals surface area contributed by atoms with E-state index in [1.165, 1.54) is 4.90 Å². The molecule has 82 valence electrons. The molecule has 0 atom stereocenters. The maximum atomic E-state index is 10.3. The quantitative estimate of drug-likeness (QED) is 0.709. The Morgan fingerprint density at radius 2 is 1.80 bits per heavy atom. The molecule has 0 fully saturated rings. The lowest BCUT2D eigenvalue weighted by molar-refractivity contribution is -0.115. The molecule has 3 N–H and O–H groups in total. The van der Waals surface area contributed by atoms with Crippen molar-refractivity contribution in [3.05, 3.63) is 30.3 Å². The molecule has 0 aliphatic carbocycles. The third-order valence-electron chi connectivity index (χ3n) is 1.25. The van der Waals surface area contributed by atoms with Crippen molar-refractivity contribution in [2.24, 2.45) is 5.73 Å². The summed E-state index contributed by atoms with van der Waals surface area (Å²) >= 11 is 0. The average molecular weight is 209 g/mol. The molecule has 1 rings (SSSR count). The average Bonchev–Trinajstić information content (AvgIpc) is 2.19. The standard InChI is InChI=1S/C7H8N2O.C3H7NO/c8-7(10)9-6-4-2-1-3-5-6;1-4(2)3-5/h1-5H,(H3,8,9,10);3H,1-2H3. The maximum Gasteiger partial charge on any atom is 0.316 e. The van der Waals surface area contributed by atoms with E-state index in [0.717, 1.165) is 12.1 Å². The van der Waals surface area contributed by atoms with Crippen molar-refractivity contribution >= 4 is 18.1 Å². The number of benzene rings is 1. The molecule has 0 saturated carbocycles. The van der Waals surface area contributed by atoms with E-state index in [0.29, 0.717) is 0 Å². The Morgan fingerprint density at radius 3 is 2.13 bits per heavy atom. The summed E-state index contributed by atoms with van der Waals surface area (Å²) in [6.07, 6.45) is 0.750. The van der Waals surface area contributed by atoms with Crippen molar-refractivity contribution in [1.82, 2.24) is 4.90 Å². The Hall–Kier alpha value is -2.04. The zero-order valence-corrected chi connectivity index (χ0v) is 8.81. The number of hydrogen-bond acceptors (Lipinski definition) is 2. The Balaban J connectivity index is 0.000000336. The smallest absolute Gasteiger partial charge is 0.316 e. The normalized spacial score (nSPS) is 8.13. The van der Waals surface area contributed by atoms with Crippen molar-refractivity contribution in [3.63, 3.8) is 0 Å². The molecule has 0 aliphatic rings. The van der Waals surface area contributed by atoms with Gasteiger partial charge >= 0.3 is 6.03 Å². The minimum absolute atomic E-state index is 0.536. The van der Waals surface area contributed by atoms with E-state index in [1.807, 2.05) is 18.2 Å². The minimum atomic E-state index is -0.536. The van der Waals surface area contributed by atoms with Crippen molar-refractivity contribution in [1.29, 1.82) is 0 Å². The molecule has 1 aromatic carbocycles. The van der Waals surface area contributed by atoms with E-state index in [4.69, 9.17) is 5.73 Å². The highest BCUT2D eigenvalue weighted by Gasteiger charge is 1.90. The van der Waals surface area contributed by atoms with Gasteiger partial charge in [0, 0.05) is 19.8 Å². The maximum absolute atomic E-state index is 10.3. The van der Waals surface area contributed by atoms with Gasteiger partial charge in [0.25, 0.3) is 0 Å². The van der Waals surface area contributed by atoms with Gasteiger partial charge in [-0.05, 0) is 12.1 Å². The van der Waals surface area contributed by atoms with Gasteiger partial charge in [-0.3, -0.25) is 4.79 Å². The Labute approximate surface area is 88.9 Å². The minimum Gasteiger partial charge on any atom is -0.351 e. The highest BCUT2D eigenvalue weighted by molar-refractivity contribution is 5.87. The number of anilines is 1. The number of para-hydroxylation sites is 1. The predicted molar refractivity (Wildman–Crippen MR) is 59.4 cm³/mol. The van der Waals surface area contributed by atoms with Gasteiger partial charge in [0.15, 0.2) is 0 Å². The topological polar surface area (TPSA) is 75.4 Å². The van der Waals surface area contributed by atoms with Gasteiger partial charge in [0.2, 0.25) is 6.41 Å². The summed E-state index contributed by atoms with van der Waals surface area (Å²) in [5.41, 5.74) is 5.59. The van der Waals surface area contributed by atoms with E-state index in [2.05, 4.69) is 5.32 Å². The van der Waals surface area contributed by atoms with Gasteiger partial charge < -0.3 is 16.0 Å². The van der Waals surface area contributed by atoms with Gasteiger partial charge in [-0.2, -0.15) is 0 Å². The Kier molecular flexibility index (Phi) is 6.37. The summed E-state index contributed by atoms with van der Waals surface area (Å²) in [6.45, 7) is 0. The zero-order valence-electron chi connectivity index (χ0n) is 8.81. The number of carbonyl (C=O) groups excluding carboxylic acids is 2. The van der Waals surface area contributed by atoms with Crippen LogP contribution < -0.4 is 11.1 Å². The first-order chi connectivity index (χ1) is 7.06. The number of amides is 3. The molecule has 0 saturated heterocycles. The molecule has 1 aromatic rings. The van der Waals surface area contributed by atoms with Crippen molar-refractivity contribution < 1.29 is 9.59 Å². The fourth-order valence-corrected chi connectivity index (χ4v) is 0.664. The van der Waals surface area contributed by atoms with Gasteiger partial charge in [-0.25, -0.2) is 4.79 Å². The molecule has 0 bridgehead atoms. The first kappa shape index (κ1) is 13.0. The number of rotatable bonds is 2. The molecule has 5 nitrogen and oxygen atoms in total. The number of nitrogens with one attached hydrogen (secondary N) is 1. The highest BCUT2D eigenvalue weighted by atomic mass is 16.2. The summed E-state index contributed by atoms with van der Waals surface area (Å²) in [7, 11) is 3.38. The number of carbonyl (C=O) groups is 2. The first-order valence-electron chi connectivity index (χ1n) is 4.29. The van der Waals surface area contributed by atoms with Gasteiger partial charge in [-0.1, -0.05) is 18.2 Å². The molecule has 15 heavy (non-hydrogen) atoms. The third kappa shape index (κ3) is 8.29. The van der Waals surface area contributed by atoms with Crippen LogP contribution in [0.1, 0.15) is 0 Å². The molecule has 0 unspecified atom stereocenters. The van der Waals surface area contributed by atoms with Gasteiger partial charge in [0.1, 0.15) is 0 Å². The summed E-state index contributed by atoms with van der Waals surface area (Å²) in [5.74, 6) is 0. The number of primary amides is 1. The lowest BCUT2D eigenvalue weighted by Gasteiger charge is -1.97. The second kappa shape index (κ2) is 7.37. The molecule has 0 aromatic heterocycles. The van der Waals surface area contributed by atoms with E-state index in [9.17, 15) is 9.59 Å². The lowest BCUT2D eigenvalue weighted by Crippen LogP contribution is -2.18. The molecular weight excluding hydrogens is 194 g/mol. The monoisotopic (exact) mass is 209 g/mol. The number of urea groups is 1. The number of nitrogens with two attached hydrogens (primary N) is 1. The van der Waals surface area contributed by atoms with Crippen molar-refractivity contribution in [2.45, 2.75) is 0 Å². The Bertz CT molecular complexity index is 299. The largest absolute Gasteiger partial charge is 0.351 e. The van der Waals surface area contributed by atoms with Crippen LogP contribution in [0.25, 0.3) is 0 Å². The predicted octanol–water partition coefficient (Wildman–Crippen LogP) is 0.882. The van der Waals surface area contributed by atoms with Crippen molar-refractivity contribution in [3.8, 4) is 0 Å². The van der Waals surface area contributed by atoms with Crippen molar-refractivity contribution in [2.75, 3.05) is 19.4 Å². The number of nitrogens with zero attached hydrogens (tertiary/aromatic N) is 1. The fourth-order valence-electron chi connectivity index (χ4n) is 0.664. The second-order valence-corrected chi connectivity index (χ2v) is 2.92. The van der Waals surface area contributed by atoms with Crippen LogP contribution in [0.15, 0.2) is 30.3 Å². The van der Waals surface area contributed by atoms with Crippen LogP contribution in [0.2, 0.25) is 0 Å². The van der Waals surface area contributed by atoms with Crippen LogP contribution in [-0.2, 0) is 4.79 Å².